The van der Waals surface area contributed by atoms with Crippen LogP contribution < -0.4 is 5.32 Å². The van der Waals surface area contributed by atoms with Crippen molar-refractivity contribution in [3.63, 3.8) is 0 Å². The second kappa shape index (κ2) is 6.35. The molecule has 0 radical (unpaired) electrons. The number of nitrogens with one attached hydrogen (secondary N) is 1. The van der Waals surface area contributed by atoms with E-state index in [1.54, 1.807) is 0 Å². The number of pyridine rings is 1. The van der Waals surface area contributed by atoms with E-state index >= 15 is 0 Å². The summed E-state index contributed by atoms with van der Waals surface area (Å²) in [6, 6.07) is 8.65. The molecule has 1 heterocycles. The summed E-state index contributed by atoms with van der Waals surface area (Å²) < 4.78 is 1.11. The van der Waals surface area contributed by atoms with Crippen LogP contribution in [0.4, 0.5) is 5.82 Å². The predicted molar refractivity (Wildman–Crippen MR) is 85.7 cm³/mol. The molecule has 0 aliphatic heterocycles. The minimum absolute atomic E-state index is 0.402. The Hall–Kier alpha value is -1.13. The molecular weight excluding hydrogens is 302 g/mol. The van der Waals surface area contributed by atoms with Crippen LogP contribution in [0.25, 0.3) is 10.8 Å². The molecule has 0 fully saturated rings. The zero-order valence-corrected chi connectivity index (χ0v) is 13.2. The molecule has 0 saturated carbocycles. The quantitative estimate of drug-likeness (QED) is 0.909. The predicted octanol–water partition coefficient (Wildman–Crippen LogP) is 3.75. The van der Waals surface area contributed by atoms with Gasteiger partial charge >= 0.3 is 0 Å². The van der Waals surface area contributed by atoms with Crippen LogP contribution >= 0.6 is 15.9 Å². The van der Waals surface area contributed by atoms with Crippen molar-refractivity contribution in [2.24, 2.45) is 0 Å². The Morgan fingerprint density at radius 2 is 2.05 bits per heavy atom. The van der Waals surface area contributed by atoms with Gasteiger partial charge < -0.3 is 10.2 Å². The molecule has 0 aliphatic carbocycles. The molecule has 0 bridgehead atoms. The first kappa shape index (κ1) is 14.3. The van der Waals surface area contributed by atoms with Gasteiger partial charge in [0.15, 0.2) is 0 Å². The lowest BCUT2D eigenvalue weighted by Gasteiger charge is -2.18. The molecule has 0 spiro atoms. The van der Waals surface area contributed by atoms with Gasteiger partial charge in [-0.05, 0) is 46.1 Å². The van der Waals surface area contributed by atoms with Gasteiger partial charge in [0, 0.05) is 27.5 Å². The number of rotatable bonds is 5. The molecule has 1 N–H and O–H groups in total. The van der Waals surface area contributed by atoms with Crippen LogP contribution in [0, 0.1) is 0 Å². The molecule has 102 valence electrons. The number of hydrogen-bond donors (Lipinski definition) is 1. The van der Waals surface area contributed by atoms with Gasteiger partial charge in [0.1, 0.15) is 5.82 Å². The Bertz CT molecular complexity index is 554. The Morgan fingerprint density at radius 3 is 2.79 bits per heavy atom. The molecule has 4 heteroatoms. The number of nitrogens with zero attached hydrogens (tertiary/aromatic N) is 2. The fraction of sp³-hybridized carbons (Fsp3) is 0.400. The van der Waals surface area contributed by atoms with Gasteiger partial charge in [0.2, 0.25) is 0 Å². The highest BCUT2D eigenvalue weighted by molar-refractivity contribution is 9.10. The molecule has 2 aromatic rings. The highest BCUT2D eigenvalue weighted by Gasteiger charge is 2.08. The highest BCUT2D eigenvalue weighted by atomic mass is 79.9. The van der Waals surface area contributed by atoms with E-state index < -0.39 is 0 Å². The fourth-order valence-corrected chi connectivity index (χ4v) is 2.54. The maximum absolute atomic E-state index is 4.47. The zero-order chi connectivity index (χ0) is 13.8. The lowest BCUT2D eigenvalue weighted by Crippen LogP contribution is -2.23. The second-order valence-corrected chi connectivity index (χ2v) is 5.99. The smallest absolute Gasteiger partial charge is 0.134 e. The third kappa shape index (κ3) is 3.67. The maximum atomic E-state index is 4.47. The fourth-order valence-electron chi connectivity index (χ4n) is 2.04. The Kier molecular flexibility index (Phi) is 4.77. The number of fused-ring (bicyclic) bond motifs is 1. The summed E-state index contributed by atoms with van der Waals surface area (Å²) in [7, 11) is 4.19. The summed E-state index contributed by atoms with van der Waals surface area (Å²) in [5, 5.41) is 5.86. The van der Waals surface area contributed by atoms with Gasteiger partial charge in [0.25, 0.3) is 0 Å². The van der Waals surface area contributed by atoms with Gasteiger partial charge in [-0.3, -0.25) is 0 Å². The van der Waals surface area contributed by atoms with Crippen LogP contribution in [0.5, 0.6) is 0 Å². The highest BCUT2D eigenvalue weighted by Crippen LogP contribution is 2.28. The number of aromatic nitrogens is 1. The van der Waals surface area contributed by atoms with Crippen molar-refractivity contribution in [2.75, 3.05) is 26.0 Å². The molecule has 0 saturated heterocycles. The van der Waals surface area contributed by atoms with Crippen molar-refractivity contribution in [1.29, 1.82) is 0 Å². The van der Waals surface area contributed by atoms with Crippen molar-refractivity contribution < 1.29 is 0 Å². The number of halogens is 1. The lowest BCUT2D eigenvalue weighted by molar-refractivity contribution is 0.390. The average Bonchev–Trinajstić information content (AvgIpc) is 2.38. The van der Waals surface area contributed by atoms with E-state index in [2.05, 4.69) is 64.3 Å². The monoisotopic (exact) mass is 321 g/mol. The van der Waals surface area contributed by atoms with Crippen LogP contribution in [0.2, 0.25) is 0 Å². The van der Waals surface area contributed by atoms with Crippen LogP contribution in [-0.2, 0) is 0 Å². The van der Waals surface area contributed by atoms with Gasteiger partial charge in [0.05, 0.1) is 0 Å². The van der Waals surface area contributed by atoms with E-state index in [0.717, 1.165) is 28.6 Å². The van der Waals surface area contributed by atoms with Gasteiger partial charge in [-0.25, -0.2) is 4.98 Å². The number of hydrogen-bond acceptors (Lipinski definition) is 3. The van der Waals surface area contributed by atoms with E-state index in [1.165, 1.54) is 5.39 Å². The number of benzene rings is 1. The first-order valence-electron chi connectivity index (χ1n) is 6.52. The first-order chi connectivity index (χ1) is 9.08. The topological polar surface area (TPSA) is 28.2 Å². The standard InChI is InChI=1S/C15H20BrN3/c1-11(8-10-19(2)3)18-15-13-5-4-6-14(16)12(13)7-9-17-15/h4-7,9,11H,8,10H2,1-3H3,(H,17,18). The van der Waals surface area contributed by atoms with Gasteiger partial charge in [-0.2, -0.15) is 0 Å². The lowest BCUT2D eigenvalue weighted by atomic mass is 10.1. The molecule has 1 aromatic carbocycles. The first-order valence-corrected chi connectivity index (χ1v) is 7.31. The van der Waals surface area contributed by atoms with Crippen LogP contribution in [0.3, 0.4) is 0 Å². The normalized spacial score (nSPS) is 12.9. The van der Waals surface area contributed by atoms with Crippen LogP contribution in [0.15, 0.2) is 34.9 Å². The molecule has 2 rings (SSSR count). The largest absolute Gasteiger partial charge is 0.367 e. The maximum Gasteiger partial charge on any atom is 0.134 e. The minimum Gasteiger partial charge on any atom is -0.367 e. The zero-order valence-electron chi connectivity index (χ0n) is 11.7. The van der Waals surface area contributed by atoms with Crippen molar-refractivity contribution in [3.8, 4) is 0 Å². The summed E-state index contributed by atoms with van der Waals surface area (Å²) in [4.78, 5) is 6.67. The summed E-state index contributed by atoms with van der Waals surface area (Å²) in [5.74, 6) is 0.963. The Morgan fingerprint density at radius 1 is 1.26 bits per heavy atom. The van der Waals surface area contributed by atoms with E-state index in [1.807, 2.05) is 18.3 Å². The van der Waals surface area contributed by atoms with Crippen molar-refractivity contribution in [3.05, 3.63) is 34.9 Å². The summed E-state index contributed by atoms with van der Waals surface area (Å²) in [5.41, 5.74) is 0. The van der Waals surface area contributed by atoms with Gasteiger partial charge in [-0.15, -0.1) is 0 Å². The Labute approximate surface area is 123 Å². The number of anilines is 1. The minimum atomic E-state index is 0.402. The second-order valence-electron chi connectivity index (χ2n) is 5.13. The van der Waals surface area contributed by atoms with Crippen molar-refractivity contribution in [1.82, 2.24) is 9.88 Å². The van der Waals surface area contributed by atoms with E-state index in [9.17, 15) is 0 Å². The summed E-state index contributed by atoms with van der Waals surface area (Å²) in [6.45, 7) is 3.27. The van der Waals surface area contributed by atoms with E-state index in [-0.39, 0.29) is 0 Å². The van der Waals surface area contributed by atoms with Crippen LogP contribution in [-0.4, -0.2) is 36.6 Å². The summed E-state index contributed by atoms with van der Waals surface area (Å²) >= 11 is 3.58. The molecule has 1 unspecified atom stereocenters. The van der Waals surface area contributed by atoms with Crippen LogP contribution in [0.1, 0.15) is 13.3 Å². The molecule has 3 nitrogen and oxygen atoms in total. The SMILES string of the molecule is CC(CCN(C)C)Nc1nccc2c(Br)cccc12. The third-order valence-electron chi connectivity index (χ3n) is 3.15. The third-order valence-corrected chi connectivity index (χ3v) is 3.84. The van der Waals surface area contributed by atoms with Gasteiger partial charge in [-0.1, -0.05) is 28.1 Å². The average molecular weight is 322 g/mol. The van der Waals surface area contributed by atoms with E-state index in [0.29, 0.717) is 6.04 Å². The molecule has 0 aliphatic rings. The molecule has 1 aromatic heterocycles. The summed E-state index contributed by atoms with van der Waals surface area (Å²) in [6.07, 6.45) is 2.95. The molecule has 0 amide bonds. The van der Waals surface area contributed by atoms with E-state index in [4.69, 9.17) is 0 Å². The molecular formula is C15H20BrN3. The molecule has 1 atom stereocenters. The Balaban J connectivity index is 2.19. The molecule has 19 heavy (non-hydrogen) atoms. The van der Waals surface area contributed by atoms with Crippen molar-refractivity contribution >= 4 is 32.5 Å². The van der Waals surface area contributed by atoms with Crippen molar-refractivity contribution in [2.45, 2.75) is 19.4 Å².